The first kappa shape index (κ1) is 14.6. The third-order valence-electron chi connectivity index (χ3n) is 3.07. The lowest BCUT2D eigenvalue weighted by Crippen LogP contribution is -2.22. The minimum atomic E-state index is 0.0584. The molecule has 1 heterocycles. The van der Waals surface area contributed by atoms with Gasteiger partial charge in [-0.15, -0.1) is 0 Å². The minimum Gasteiger partial charge on any atom is -0.466 e. The van der Waals surface area contributed by atoms with Crippen molar-refractivity contribution in [2.45, 2.75) is 26.8 Å². The van der Waals surface area contributed by atoms with Crippen molar-refractivity contribution in [3.8, 4) is 0 Å². The molecule has 1 unspecified atom stereocenters. The molecule has 1 aromatic heterocycles. The van der Waals surface area contributed by atoms with Crippen molar-refractivity contribution >= 4 is 27.5 Å². The fourth-order valence-corrected chi connectivity index (χ4v) is 3.05. The van der Waals surface area contributed by atoms with Gasteiger partial charge in [0.05, 0.1) is 6.04 Å². The van der Waals surface area contributed by atoms with Gasteiger partial charge < -0.3 is 9.73 Å². The Morgan fingerprint density at radius 3 is 2.53 bits per heavy atom. The Morgan fingerprint density at radius 1 is 1.26 bits per heavy atom. The molecule has 1 N–H and O–H groups in total. The lowest BCUT2D eigenvalue weighted by atomic mass is 9.99. The summed E-state index contributed by atoms with van der Waals surface area (Å²) in [5.74, 6) is 1.85. The lowest BCUT2D eigenvalue weighted by molar-refractivity contribution is 0.495. The van der Waals surface area contributed by atoms with Gasteiger partial charge in [-0.3, -0.25) is 0 Å². The summed E-state index contributed by atoms with van der Waals surface area (Å²) in [6, 6.07) is 8.10. The van der Waals surface area contributed by atoms with E-state index in [2.05, 4.69) is 34.2 Å². The first-order valence-corrected chi connectivity index (χ1v) is 7.45. The first-order valence-electron chi connectivity index (χ1n) is 6.28. The summed E-state index contributed by atoms with van der Waals surface area (Å²) in [7, 11) is 0. The average Bonchev–Trinajstić information content (AvgIpc) is 2.66. The van der Waals surface area contributed by atoms with Crippen LogP contribution in [0.25, 0.3) is 0 Å². The molecule has 2 aromatic rings. The smallest absolute Gasteiger partial charge is 0.106 e. The molecule has 0 bridgehead atoms. The maximum atomic E-state index is 6.37. The Labute approximate surface area is 127 Å². The molecule has 0 spiro atoms. The summed E-state index contributed by atoms with van der Waals surface area (Å²) in [5, 5.41) is 4.22. The van der Waals surface area contributed by atoms with Crippen LogP contribution in [-0.4, -0.2) is 6.54 Å². The molecule has 102 valence electrons. The van der Waals surface area contributed by atoms with Crippen LogP contribution >= 0.6 is 27.5 Å². The summed E-state index contributed by atoms with van der Waals surface area (Å²) >= 11 is 9.80. The van der Waals surface area contributed by atoms with Crippen molar-refractivity contribution in [3.63, 3.8) is 0 Å². The lowest BCUT2D eigenvalue weighted by Gasteiger charge is -2.19. The predicted octanol–water partition coefficient (Wildman–Crippen LogP) is 5.01. The number of hydrogen-bond acceptors (Lipinski definition) is 2. The van der Waals surface area contributed by atoms with Gasteiger partial charge in [0.2, 0.25) is 0 Å². The van der Waals surface area contributed by atoms with Gasteiger partial charge in [0, 0.05) is 15.1 Å². The largest absolute Gasteiger partial charge is 0.466 e. The highest BCUT2D eigenvalue weighted by Gasteiger charge is 2.20. The molecular formula is C15H17BrClNO. The molecule has 2 nitrogen and oxygen atoms in total. The fraction of sp³-hybridized carbons (Fsp3) is 0.333. The van der Waals surface area contributed by atoms with Gasteiger partial charge in [0.15, 0.2) is 0 Å². The number of halogens is 2. The van der Waals surface area contributed by atoms with Crippen LogP contribution in [0.5, 0.6) is 0 Å². The van der Waals surface area contributed by atoms with E-state index in [0.29, 0.717) is 0 Å². The highest BCUT2D eigenvalue weighted by molar-refractivity contribution is 9.10. The van der Waals surface area contributed by atoms with Gasteiger partial charge in [-0.25, -0.2) is 0 Å². The number of benzene rings is 1. The first-order chi connectivity index (χ1) is 9.02. The van der Waals surface area contributed by atoms with Crippen molar-refractivity contribution in [2.75, 3.05) is 6.54 Å². The van der Waals surface area contributed by atoms with E-state index in [1.54, 1.807) is 0 Å². The fourth-order valence-electron chi connectivity index (χ4n) is 2.26. The molecule has 0 fully saturated rings. The maximum absolute atomic E-state index is 6.37. The second kappa shape index (κ2) is 6.12. The topological polar surface area (TPSA) is 25.2 Å². The zero-order valence-electron chi connectivity index (χ0n) is 11.3. The molecule has 0 aliphatic carbocycles. The van der Waals surface area contributed by atoms with Crippen molar-refractivity contribution in [1.29, 1.82) is 0 Å². The second-order valence-corrected chi connectivity index (χ2v) is 5.85. The Hall–Kier alpha value is -0.770. The summed E-state index contributed by atoms with van der Waals surface area (Å²) in [5.41, 5.74) is 2.21. The molecule has 0 aliphatic heterocycles. The van der Waals surface area contributed by atoms with Crippen LogP contribution in [0, 0.1) is 13.8 Å². The standard InChI is InChI=1S/C15H17BrClNO/c1-4-18-15(13-7-9(2)19-10(13)3)12-6-5-11(16)8-14(12)17/h5-8,15,18H,4H2,1-3H3. The van der Waals surface area contributed by atoms with Crippen LogP contribution in [0.2, 0.25) is 5.02 Å². The third kappa shape index (κ3) is 3.22. The number of furan rings is 1. The van der Waals surface area contributed by atoms with Crippen molar-refractivity contribution < 1.29 is 4.42 Å². The summed E-state index contributed by atoms with van der Waals surface area (Å²) in [6.07, 6.45) is 0. The molecule has 1 aromatic carbocycles. The normalized spacial score (nSPS) is 12.7. The Bertz CT molecular complexity index is 580. The number of aryl methyl sites for hydroxylation is 2. The molecule has 19 heavy (non-hydrogen) atoms. The molecule has 0 amide bonds. The van der Waals surface area contributed by atoms with Crippen molar-refractivity contribution in [2.24, 2.45) is 0 Å². The molecule has 0 saturated carbocycles. The monoisotopic (exact) mass is 341 g/mol. The van der Waals surface area contributed by atoms with Crippen LogP contribution in [0.1, 0.15) is 35.6 Å². The molecular weight excluding hydrogens is 326 g/mol. The van der Waals surface area contributed by atoms with Crippen molar-refractivity contribution in [3.05, 3.63) is 56.4 Å². The van der Waals surface area contributed by atoms with Crippen molar-refractivity contribution in [1.82, 2.24) is 5.32 Å². The van der Waals surface area contributed by atoms with Gasteiger partial charge in [-0.1, -0.05) is 40.5 Å². The van der Waals surface area contributed by atoms with Crippen LogP contribution in [0.3, 0.4) is 0 Å². The van der Waals surface area contributed by atoms with Gasteiger partial charge in [0.25, 0.3) is 0 Å². The van der Waals surface area contributed by atoms with E-state index in [9.17, 15) is 0 Å². The molecule has 1 atom stereocenters. The Morgan fingerprint density at radius 2 is 2.00 bits per heavy atom. The molecule has 2 rings (SSSR count). The van der Waals surface area contributed by atoms with E-state index in [1.165, 1.54) is 0 Å². The average molecular weight is 343 g/mol. The maximum Gasteiger partial charge on any atom is 0.106 e. The van der Waals surface area contributed by atoms with E-state index in [-0.39, 0.29) is 6.04 Å². The summed E-state index contributed by atoms with van der Waals surface area (Å²) < 4.78 is 6.62. The van der Waals surface area contributed by atoms with Gasteiger partial charge in [0.1, 0.15) is 11.5 Å². The highest BCUT2D eigenvalue weighted by Crippen LogP contribution is 2.33. The van der Waals surface area contributed by atoms with E-state index in [4.69, 9.17) is 16.0 Å². The van der Waals surface area contributed by atoms with Crippen LogP contribution in [-0.2, 0) is 0 Å². The zero-order valence-corrected chi connectivity index (χ0v) is 13.6. The number of nitrogens with one attached hydrogen (secondary N) is 1. The van der Waals surface area contributed by atoms with Crippen LogP contribution < -0.4 is 5.32 Å². The molecule has 0 radical (unpaired) electrons. The van der Waals surface area contributed by atoms with Gasteiger partial charge in [-0.05, 0) is 44.2 Å². The number of hydrogen-bond donors (Lipinski definition) is 1. The van der Waals surface area contributed by atoms with Crippen LogP contribution in [0.4, 0.5) is 0 Å². The highest BCUT2D eigenvalue weighted by atomic mass is 79.9. The Kier molecular flexibility index (Phi) is 4.71. The molecule has 0 saturated heterocycles. The predicted molar refractivity (Wildman–Crippen MR) is 82.9 cm³/mol. The summed E-state index contributed by atoms with van der Waals surface area (Å²) in [4.78, 5) is 0. The van der Waals surface area contributed by atoms with Gasteiger partial charge >= 0.3 is 0 Å². The SMILES string of the molecule is CCNC(c1ccc(Br)cc1Cl)c1cc(C)oc1C. The zero-order chi connectivity index (χ0) is 14.0. The molecule has 4 heteroatoms. The van der Waals surface area contributed by atoms with E-state index in [0.717, 1.165) is 38.7 Å². The van der Waals surface area contributed by atoms with Crippen LogP contribution in [0.15, 0.2) is 33.2 Å². The number of rotatable bonds is 4. The van der Waals surface area contributed by atoms with E-state index < -0.39 is 0 Å². The van der Waals surface area contributed by atoms with Gasteiger partial charge in [-0.2, -0.15) is 0 Å². The van der Waals surface area contributed by atoms with E-state index >= 15 is 0 Å². The van der Waals surface area contributed by atoms with E-state index in [1.807, 2.05) is 32.0 Å². The minimum absolute atomic E-state index is 0.0584. The summed E-state index contributed by atoms with van der Waals surface area (Å²) in [6.45, 7) is 6.89. The quantitative estimate of drug-likeness (QED) is 0.844. The second-order valence-electron chi connectivity index (χ2n) is 4.53. The third-order valence-corrected chi connectivity index (χ3v) is 3.89. The molecule has 0 aliphatic rings. The Balaban J connectivity index is 2.48.